The lowest BCUT2D eigenvalue weighted by Gasteiger charge is -2.74. The summed E-state index contributed by atoms with van der Waals surface area (Å²) in [4.78, 5) is 0. The Bertz CT molecular complexity index is 978. The highest BCUT2D eigenvalue weighted by Crippen LogP contribution is 2.77. The Morgan fingerprint density at radius 3 is 2.16 bits per heavy atom. The zero-order chi connectivity index (χ0) is 28.1. The van der Waals surface area contributed by atoms with E-state index in [2.05, 4.69) is 75.0 Å². The molecule has 5 saturated carbocycles. The summed E-state index contributed by atoms with van der Waals surface area (Å²) in [6, 6.07) is 0. The van der Waals surface area contributed by atoms with Gasteiger partial charge in [0.05, 0.1) is 24.9 Å². The Hall–Kier alpha value is -0.640. The molecule has 216 valence electrons. The first-order chi connectivity index (χ1) is 17.5. The van der Waals surface area contributed by atoms with Crippen LogP contribution in [0.3, 0.4) is 0 Å². The van der Waals surface area contributed by atoms with Crippen molar-refractivity contribution in [3.05, 3.63) is 23.8 Å². The molecule has 5 aliphatic rings. The summed E-state index contributed by atoms with van der Waals surface area (Å²) in [5.74, 6) is 1.90. The van der Waals surface area contributed by atoms with E-state index in [4.69, 9.17) is 4.74 Å². The number of hydrogen-bond donors (Lipinski definition) is 2. The van der Waals surface area contributed by atoms with Crippen LogP contribution >= 0.6 is 0 Å². The summed E-state index contributed by atoms with van der Waals surface area (Å²) in [7, 11) is 0. The van der Waals surface area contributed by atoms with Crippen LogP contribution in [0.15, 0.2) is 23.8 Å². The number of rotatable bonds is 4. The number of hydrogen-bond acceptors (Lipinski definition) is 3. The molecule has 12 unspecified atom stereocenters. The Morgan fingerprint density at radius 2 is 1.53 bits per heavy atom. The molecule has 12 atom stereocenters. The van der Waals surface area contributed by atoms with Crippen molar-refractivity contribution < 1.29 is 14.9 Å². The molecular formula is C35H58O3. The van der Waals surface area contributed by atoms with Crippen molar-refractivity contribution in [1.82, 2.24) is 0 Å². The van der Waals surface area contributed by atoms with E-state index in [1.54, 1.807) is 0 Å². The molecule has 0 bridgehead atoms. The van der Waals surface area contributed by atoms with Gasteiger partial charge in [0.15, 0.2) is 0 Å². The third-order valence-electron chi connectivity index (χ3n) is 14.2. The van der Waals surface area contributed by atoms with Crippen molar-refractivity contribution in [2.75, 3.05) is 6.61 Å². The van der Waals surface area contributed by atoms with Gasteiger partial charge in [-0.25, -0.2) is 0 Å². The number of aliphatic hydroxyl groups is 2. The lowest BCUT2D eigenvalue weighted by atomic mass is 9.31. The van der Waals surface area contributed by atoms with Crippen molar-refractivity contribution in [2.24, 2.45) is 56.7 Å². The van der Waals surface area contributed by atoms with Gasteiger partial charge in [-0.2, -0.15) is 0 Å². The lowest BCUT2D eigenvalue weighted by molar-refractivity contribution is -0.311. The highest BCUT2D eigenvalue weighted by atomic mass is 16.5. The zero-order valence-electron chi connectivity index (χ0n) is 26.1. The van der Waals surface area contributed by atoms with E-state index in [9.17, 15) is 10.2 Å². The third-order valence-corrected chi connectivity index (χ3v) is 14.2. The van der Waals surface area contributed by atoms with Crippen LogP contribution in [-0.2, 0) is 4.74 Å². The maximum absolute atomic E-state index is 12.7. The zero-order valence-corrected chi connectivity index (χ0v) is 26.1. The summed E-state index contributed by atoms with van der Waals surface area (Å²) in [6.45, 7) is 26.3. The first-order valence-electron chi connectivity index (χ1n) is 15.8. The van der Waals surface area contributed by atoms with Crippen molar-refractivity contribution in [3.8, 4) is 0 Å². The quantitative estimate of drug-likeness (QED) is 0.365. The molecule has 5 aliphatic carbocycles. The summed E-state index contributed by atoms with van der Waals surface area (Å²) < 4.78 is 6.91. The second-order valence-corrected chi connectivity index (χ2v) is 16.6. The molecule has 38 heavy (non-hydrogen) atoms. The molecule has 5 rings (SSSR count). The molecule has 3 heteroatoms. The topological polar surface area (TPSA) is 49.7 Å². The maximum atomic E-state index is 12.7. The van der Waals surface area contributed by atoms with E-state index < -0.39 is 6.10 Å². The van der Waals surface area contributed by atoms with E-state index in [1.165, 1.54) is 43.3 Å². The van der Waals surface area contributed by atoms with Crippen molar-refractivity contribution in [3.63, 3.8) is 0 Å². The molecule has 0 heterocycles. The molecule has 0 radical (unpaired) electrons. The van der Waals surface area contributed by atoms with E-state index >= 15 is 0 Å². The van der Waals surface area contributed by atoms with Crippen molar-refractivity contribution >= 4 is 0 Å². The first-order valence-corrected chi connectivity index (χ1v) is 15.8. The molecule has 2 N–H and O–H groups in total. The second-order valence-electron chi connectivity index (χ2n) is 16.6. The standard InChI is InChI=1S/C35H58O3/c1-21(2)14-20-38-29-28(37)27-26-23(22(3)4)11-15-32(26,7)18-19-34(27,9)35(10)17-12-24-31(5,6)25(36)13-16-33(24,8)30(29)35/h14,23-30,36-37H,3,11-13,15-20H2,1-2,4-10H3. The van der Waals surface area contributed by atoms with Gasteiger partial charge in [0.2, 0.25) is 0 Å². The highest BCUT2D eigenvalue weighted by molar-refractivity contribution is 5.24. The number of allylic oxidation sites excluding steroid dienone is 2. The van der Waals surface area contributed by atoms with Gasteiger partial charge in [0, 0.05) is 0 Å². The summed E-state index contributed by atoms with van der Waals surface area (Å²) in [5.41, 5.74) is 2.90. The van der Waals surface area contributed by atoms with Crippen molar-refractivity contribution in [1.29, 1.82) is 0 Å². The lowest BCUT2D eigenvalue weighted by Crippen LogP contribution is -2.74. The Morgan fingerprint density at radius 1 is 0.842 bits per heavy atom. The minimum absolute atomic E-state index is 0.0323. The van der Waals surface area contributed by atoms with E-state index in [-0.39, 0.29) is 51.1 Å². The molecule has 0 aromatic heterocycles. The van der Waals surface area contributed by atoms with Crippen LogP contribution in [0.4, 0.5) is 0 Å². The largest absolute Gasteiger partial charge is 0.393 e. The fourth-order valence-electron chi connectivity index (χ4n) is 12.0. The van der Waals surface area contributed by atoms with Crippen LogP contribution in [0.25, 0.3) is 0 Å². The summed E-state index contributed by atoms with van der Waals surface area (Å²) >= 11 is 0. The number of fused-ring (bicyclic) bond motifs is 7. The van der Waals surface area contributed by atoms with Crippen LogP contribution in [0.2, 0.25) is 0 Å². The SMILES string of the molecule is C=C(C)C1CCC2(C)CCC3(C)C(C(O)C(OCC=C(C)C)C4C5(C)CCC(O)C(C)(C)C5CCC43C)C12. The third kappa shape index (κ3) is 3.76. The van der Waals surface area contributed by atoms with Crippen LogP contribution < -0.4 is 0 Å². The van der Waals surface area contributed by atoms with E-state index in [0.29, 0.717) is 24.4 Å². The smallest absolute Gasteiger partial charge is 0.0880 e. The minimum Gasteiger partial charge on any atom is -0.393 e. The van der Waals surface area contributed by atoms with Crippen molar-refractivity contribution in [2.45, 2.75) is 132 Å². The van der Waals surface area contributed by atoms with Gasteiger partial charge in [0.25, 0.3) is 0 Å². The molecule has 0 amide bonds. The Labute approximate surface area is 233 Å². The van der Waals surface area contributed by atoms with Gasteiger partial charge >= 0.3 is 0 Å². The number of ether oxygens (including phenoxy) is 1. The molecule has 0 saturated heterocycles. The minimum atomic E-state index is -0.473. The molecular weight excluding hydrogens is 468 g/mol. The van der Waals surface area contributed by atoms with Crippen LogP contribution in [0.1, 0.15) is 114 Å². The first kappa shape index (κ1) is 28.9. The molecule has 5 fully saturated rings. The fourth-order valence-corrected chi connectivity index (χ4v) is 12.0. The van der Waals surface area contributed by atoms with Gasteiger partial charge in [-0.05, 0) is 129 Å². The highest BCUT2D eigenvalue weighted by Gasteiger charge is 2.74. The predicted octanol–water partition coefficient (Wildman–Crippen LogP) is 7.96. The maximum Gasteiger partial charge on any atom is 0.0880 e. The summed E-state index contributed by atoms with van der Waals surface area (Å²) in [5, 5.41) is 23.8. The van der Waals surface area contributed by atoms with E-state index in [1.807, 2.05) is 0 Å². The normalized spacial score (nSPS) is 53.2. The van der Waals surface area contributed by atoms with Gasteiger partial charge < -0.3 is 14.9 Å². The molecule has 0 aliphatic heterocycles. The number of aliphatic hydroxyl groups excluding tert-OH is 2. The monoisotopic (exact) mass is 526 g/mol. The fraction of sp³-hybridized carbons (Fsp3) is 0.886. The van der Waals surface area contributed by atoms with Crippen LogP contribution in [0.5, 0.6) is 0 Å². The predicted molar refractivity (Wildman–Crippen MR) is 157 cm³/mol. The van der Waals surface area contributed by atoms with Gasteiger partial charge in [0.1, 0.15) is 0 Å². The molecule has 0 spiro atoms. The average molecular weight is 527 g/mol. The van der Waals surface area contributed by atoms with Gasteiger partial charge in [-0.3, -0.25) is 0 Å². The molecule has 0 aromatic carbocycles. The average Bonchev–Trinajstić information content (AvgIpc) is 3.17. The van der Waals surface area contributed by atoms with E-state index in [0.717, 1.165) is 19.3 Å². The Balaban J connectivity index is 1.66. The second kappa shape index (κ2) is 9.18. The molecule has 0 aromatic rings. The Kier molecular flexibility index (Phi) is 6.98. The molecule has 3 nitrogen and oxygen atoms in total. The van der Waals surface area contributed by atoms with Gasteiger partial charge in [-0.15, -0.1) is 0 Å². The van der Waals surface area contributed by atoms with Crippen LogP contribution in [-0.4, -0.2) is 35.1 Å². The van der Waals surface area contributed by atoms with Gasteiger partial charge in [-0.1, -0.05) is 65.3 Å². The summed E-state index contributed by atoms with van der Waals surface area (Å²) in [6.07, 6.45) is 10.4. The van der Waals surface area contributed by atoms with Crippen LogP contribution in [0, 0.1) is 56.7 Å².